The highest BCUT2D eigenvalue weighted by Crippen LogP contribution is 2.24. The molecule has 1 aliphatic rings. The van der Waals surface area contributed by atoms with Crippen LogP contribution < -0.4 is 0 Å². The summed E-state index contributed by atoms with van der Waals surface area (Å²) in [7, 11) is -1.82. The molecule has 1 atom stereocenters. The summed E-state index contributed by atoms with van der Waals surface area (Å²) in [6.45, 7) is 8.08. The molecule has 1 aromatic heterocycles. The zero-order chi connectivity index (χ0) is 20.5. The predicted molar refractivity (Wildman–Crippen MR) is 113 cm³/mol. The van der Waals surface area contributed by atoms with E-state index in [1.54, 1.807) is 11.4 Å². The summed E-state index contributed by atoms with van der Waals surface area (Å²) in [6.07, 6.45) is 2.00. The van der Waals surface area contributed by atoms with Crippen LogP contribution >= 0.6 is 11.6 Å². The Hall–Kier alpha value is -1.41. The fraction of sp³-hybridized carbons (Fsp3) is 0.550. The molecule has 0 aliphatic carbocycles. The van der Waals surface area contributed by atoms with Gasteiger partial charge in [-0.25, -0.2) is 0 Å². The number of piperidine rings is 1. The molecule has 0 amide bonds. The lowest BCUT2D eigenvalue weighted by molar-refractivity contribution is 0.263. The Kier molecular flexibility index (Phi) is 6.49. The van der Waals surface area contributed by atoms with E-state index in [-0.39, 0.29) is 0 Å². The monoisotopic (exact) mass is 424 g/mol. The molecule has 8 heteroatoms. The molecular weight excluding hydrogens is 396 g/mol. The largest absolute Gasteiger partial charge is 0.282 e. The lowest BCUT2D eigenvalue weighted by atomic mass is 10.0. The third kappa shape index (κ3) is 4.43. The number of hydrogen-bond acceptors (Lipinski definition) is 3. The van der Waals surface area contributed by atoms with Crippen LogP contribution in [-0.2, 0) is 23.3 Å². The number of aromatic nitrogens is 2. The van der Waals surface area contributed by atoms with Gasteiger partial charge in [-0.2, -0.15) is 22.1 Å². The van der Waals surface area contributed by atoms with Crippen molar-refractivity contribution in [2.75, 3.05) is 20.1 Å². The number of benzene rings is 1. The molecule has 0 bridgehead atoms. The topological polar surface area (TPSA) is 58.4 Å². The molecule has 1 aliphatic heterocycles. The first-order valence-corrected chi connectivity index (χ1v) is 11.5. The molecule has 0 radical (unpaired) electrons. The van der Waals surface area contributed by atoms with Crippen molar-refractivity contribution in [1.82, 2.24) is 18.4 Å². The van der Waals surface area contributed by atoms with Crippen molar-refractivity contribution in [2.24, 2.45) is 5.92 Å². The van der Waals surface area contributed by atoms with Crippen molar-refractivity contribution in [2.45, 2.75) is 46.7 Å². The van der Waals surface area contributed by atoms with E-state index in [1.807, 2.05) is 42.8 Å². The van der Waals surface area contributed by atoms with Crippen molar-refractivity contribution >= 4 is 21.8 Å². The Morgan fingerprint density at radius 2 is 2.00 bits per heavy atom. The van der Waals surface area contributed by atoms with E-state index in [9.17, 15) is 8.42 Å². The second-order valence-electron chi connectivity index (χ2n) is 7.77. The van der Waals surface area contributed by atoms with Gasteiger partial charge in [-0.05, 0) is 44.2 Å². The highest BCUT2D eigenvalue weighted by atomic mass is 35.5. The molecular formula is C20H29ClN4O2S. The van der Waals surface area contributed by atoms with Crippen LogP contribution in [0.3, 0.4) is 0 Å². The summed E-state index contributed by atoms with van der Waals surface area (Å²) in [5.41, 5.74) is 3.75. The average Bonchev–Trinajstić information content (AvgIpc) is 2.91. The van der Waals surface area contributed by atoms with Gasteiger partial charge in [-0.3, -0.25) is 4.68 Å². The fourth-order valence-electron chi connectivity index (χ4n) is 3.76. The van der Waals surface area contributed by atoms with Crippen LogP contribution in [0, 0.1) is 19.8 Å². The predicted octanol–water partition coefficient (Wildman–Crippen LogP) is 3.61. The lowest BCUT2D eigenvalue weighted by Gasteiger charge is -2.33. The molecule has 3 rings (SSSR count). The highest BCUT2D eigenvalue weighted by Gasteiger charge is 2.31. The van der Waals surface area contributed by atoms with Gasteiger partial charge in [0.25, 0.3) is 10.2 Å². The maximum atomic E-state index is 13.0. The third-order valence-electron chi connectivity index (χ3n) is 5.53. The van der Waals surface area contributed by atoms with Crippen molar-refractivity contribution in [3.05, 3.63) is 51.8 Å². The minimum Gasteiger partial charge on any atom is -0.265 e. The molecule has 1 unspecified atom stereocenters. The Balaban J connectivity index is 1.79. The van der Waals surface area contributed by atoms with Gasteiger partial charge in [0.15, 0.2) is 0 Å². The van der Waals surface area contributed by atoms with E-state index in [2.05, 4.69) is 12.0 Å². The second kappa shape index (κ2) is 8.53. The van der Waals surface area contributed by atoms with Crippen LogP contribution in [0.1, 0.15) is 42.3 Å². The molecule has 1 aromatic carbocycles. The average molecular weight is 425 g/mol. The van der Waals surface area contributed by atoms with E-state index in [1.165, 1.54) is 4.31 Å². The maximum Gasteiger partial charge on any atom is 0.282 e. The van der Waals surface area contributed by atoms with Crippen LogP contribution in [0.5, 0.6) is 0 Å². The number of rotatable bonds is 6. The number of nitrogens with zero attached hydrogens (tertiary/aromatic N) is 4. The molecule has 1 saturated heterocycles. The number of halogens is 1. The van der Waals surface area contributed by atoms with E-state index < -0.39 is 10.2 Å². The quantitative estimate of drug-likeness (QED) is 0.711. The first-order chi connectivity index (χ1) is 13.2. The van der Waals surface area contributed by atoms with Gasteiger partial charge in [0.2, 0.25) is 0 Å². The second-order valence-corrected chi connectivity index (χ2v) is 10.2. The Morgan fingerprint density at radius 1 is 1.29 bits per heavy atom. The van der Waals surface area contributed by atoms with E-state index in [0.717, 1.165) is 35.4 Å². The molecule has 28 heavy (non-hydrogen) atoms. The first-order valence-electron chi connectivity index (χ1n) is 9.68. The highest BCUT2D eigenvalue weighted by molar-refractivity contribution is 7.86. The Bertz CT molecular complexity index is 942. The van der Waals surface area contributed by atoms with Gasteiger partial charge < -0.3 is 0 Å². The van der Waals surface area contributed by atoms with Gasteiger partial charge in [0, 0.05) is 43.0 Å². The van der Waals surface area contributed by atoms with Crippen molar-refractivity contribution < 1.29 is 8.42 Å². The molecule has 2 aromatic rings. The van der Waals surface area contributed by atoms with Gasteiger partial charge in [0.1, 0.15) is 0 Å². The molecule has 154 valence electrons. The summed E-state index contributed by atoms with van der Waals surface area (Å²) in [6, 6.07) is 7.70. The van der Waals surface area contributed by atoms with Crippen LogP contribution in [-0.4, -0.2) is 46.9 Å². The Morgan fingerprint density at radius 3 is 2.68 bits per heavy atom. The van der Waals surface area contributed by atoms with E-state index in [4.69, 9.17) is 11.6 Å². The summed E-state index contributed by atoms with van der Waals surface area (Å²) in [5.74, 6) is 0.402. The molecule has 2 heterocycles. The summed E-state index contributed by atoms with van der Waals surface area (Å²) >= 11 is 6.28. The zero-order valence-electron chi connectivity index (χ0n) is 17.0. The molecule has 0 spiro atoms. The summed E-state index contributed by atoms with van der Waals surface area (Å²) < 4.78 is 31.0. The summed E-state index contributed by atoms with van der Waals surface area (Å²) in [5, 5.41) is 5.33. The molecule has 6 nitrogen and oxygen atoms in total. The van der Waals surface area contributed by atoms with Crippen molar-refractivity contribution in [1.29, 1.82) is 0 Å². The van der Waals surface area contributed by atoms with Crippen LogP contribution in [0.4, 0.5) is 0 Å². The standard InChI is InChI=1S/C20H29ClN4O2S/c1-15-8-7-11-24(12-15)28(26,27)23(4)14-19-16(2)22-25(17(19)3)13-18-9-5-6-10-20(18)21/h5-6,9-10,15H,7-8,11-14H2,1-4H3. The molecule has 0 saturated carbocycles. The number of hydrogen-bond donors (Lipinski definition) is 0. The van der Waals surface area contributed by atoms with Crippen molar-refractivity contribution in [3.8, 4) is 0 Å². The van der Waals surface area contributed by atoms with Gasteiger partial charge in [-0.1, -0.05) is 36.7 Å². The summed E-state index contributed by atoms with van der Waals surface area (Å²) in [4.78, 5) is 0. The van der Waals surface area contributed by atoms with E-state index >= 15 is 0 Å². The fourth-order valence-corrected chi connectivity index (χ4v) is 5.45. The minimum absolute atomic E-state index is 0.313. The van der Waals surface area contributed by atoms with Crippen LogP contribution in [0.15, 0.2) is 24.3 Å². The SMILES string of the molecule is Cc1nn(Cc2ccccc2Cl)c(C)c1CN(C)S(=O)(=O)N1CCCC(C)C1. The normalized spacial score (nSPS) is 18.7. The molecule has 0 N–H and O–H groups in total. The van der Waals surface area contributed by atoms with Crippen LogP contribution in [0.25, 0.3) is 0 Å². The number of aryl methyl sites for hydroxylation is 1. The zero-order valence-corrected chi connectivity index (χ0v) is 18.6. The van der Waals surface area contributed by atoms with Gasteiger partial charge in [0.05, 0.1) is 12.2 Å². The van der Waals surface area contributed by atoms with Crippen molar-refractivity contribution in [3.63, 3.8) is 0 Å². The molecule has 1 fully saturated rings. The lowest BCUT2D eigenvalue weighted by Crippen LogP contribution is -2.46. The van der Waals surface area contributed by atoms with Crippen LogP contribution in [0.2, 0.25) is 5.02 Å². The minimum atomic E-state index is -3.47. The first kappa shape index (κ1) is 21.3. The third-order valence-corrected chi connectivity index (χ3v) is 7.80. The van der Waals surface area contributed by atoms with E-state index in [0.29, 0.717) is 37.1 Å². The maximum absolute atomic E-state index is 13.0. The van der Waals surface area contributed by atoms with Gasteiger partial charge in [-0.15, -0.1) is 0 Å². The Labute approximate surface area is 173 Å². The van der Waals surface area contributed by atoms with Gasteiger partial charge >= 0.3 is 0 Å². The smallest absolute Gasteiger partial charge is 0.265 e.